The van der Waals surface area contributed by atoms with Crippen LogP contribution < -0.4 is 10.6 Å². The van der Waals surface area contributed by atoms with E-state index >= 15 is 0 Å². The first kappa shape index (κ1) is 13.6. The number of nitrogens with one attached hydrogen (secondary N) is 2. The maximum atomic E-state index is 11.7. The van der Waals surface area contributed by atoms with Gasteiger partial charge in [0.1, 0.15) is 0 Å². The molecule has 0 spiro atoms. The van der Waals surface area contributed by atoms with Crippen molar-refractivity contribution in [2.24, 2.45) is 0 Å². The second-order valence-corrected chi connectivity index (χ2v) is 5.92. The van der Waals surface area contributed by atoms with Crippen molar-refractivity contribution in [1.82, 2.24) is 10.6 Å². The summed E-state index contributed by atoms with van der Waals surface area (Å²) in [5, 5.41) is 8.56. The van der Waals surface area contributed by atoms with Crippen LogP contribution in [0.1, 0.15) is 37.0 Å². The maximum Gasteiger partial charge on any atom is 0.220 e. The van der Waals surface area contributed by atoms with Crippen molar-refractivity contribution >= 4 is 17.2 Å². The molecule has 2 rings (SSSR count). The summed E-state index contributed by atoms with van der Waals surface area (Å²) < 4.78 is 0. The molecule has 1 aromatic heterocycles. The molecular formula is C14H22N2OS. The van der Waals surface area contributed by atoms with Crippen molar-refractivity contribution < 1.29 is 4.79 Å². The normalized spacial score (nSPS) is 19.7. The molecule has 2 heterocycles. The molecule has 1 fully saturated rings. The van der Waals surface area contributed by atoms with Crippen LogP contribution in [-0.2, 0) is 11.2 Å². The molecule has 1 saturated heterocycles. The Hall–Kier alpha value is -0.870. The highest BCUT2D eigenvalue weighted by Gasteiger charge is 2.13. The van der Waals surface area contributed by atoms with E-state index in [1.807, 2.05) is 0 Å². The molecule has 1 atom stereocenters. The lowest BCUT2D eigenvalue weighted by Gasteiger charge is -2.23. The van der Waals surface area contributed by atoms with Gasteiger partial charge in [0.15, 0.2) is 0 Å². The summed E-state index contributed by atoms with van der Waals surface area (Å²) in [7, 11) is 0. The van der Waals surface area contributed by atoms with Gasteiger partial charge in [0.05, 0.1) is 0 Å². The quantitative estimate of drug-likeness (QED) is 0.829. The van der Waals surface area contributed by atoms with Gasteiger partial charge in [-0.2, -0.15) is 0 Å². The highest BCUT2D eigenvalue weighted by Crippen LogP contribution is 2.11. The zero-order chi connectivity index (χ0) is 12.6. The molecule has 18 heavy (non-hydrogen) atoms. The van der Waals surface area contributed by atoms with Gasteiger partial charge in [-0.25, -0.2) is 0 Å². The summed E-state index contributed by atoms with van der Waals surface area (Å²) in [4.78, 5) is 13.1. The Balaban J connectivity index is 1.54. The molecule has 0 bridgehead atoms. The molecule has 3 nitrogen and oxygen atoms in total. The van der Waals surface area contributed by atoms with E-state index in [1.165, 1.54) is 24.1 Å². The number of rotatable bonds is 6. The minimum atomic E-state index is 0.193. The third kappa shape index (κ3) is 4.78. The van der Waals surface area contributed by atoms with E-state index in [0.29, 0.717) is 12.5 Å². The van der Waals surface area contributed by atoms with Crippen LogP contribution in [0.4, 0.5) is 0 Å². The number of hydrogen-bond donors (Lipinski definition) is 2. The van der Waals surface area contributed by atoms with Crippen LogP contribution in [0, 0.1) is 0 Å². The Labute approximate surface area is 113 Å². The number of amides is 1. The SMILES string of the molecule is O=C(CCCc1cccs1)NCC1CCCCN1. The fraction of sp³-hybridized carbons (Fsp3) is 0.643. The molecule has 1 aromatic rings. The highest BCUT2D eigenvalue weighted by molar-refractivity contribution is 7.09. The van der Waals surface area contributed by atoms with Gasteiger partial charge in [-0.3, -0.25) is 4.79 Å². The Bertz CT molecular complexity index is 345. The lowest BCUT2D eigenvalue weighted by Crippen LogP contribution is -2.43. The second kappa shape index (κ2) is 7.54. The van der Waals surface area contributed by atoms with Crippen molar-refractivity contribution in [2.45, 2.75) is 44.6 Å². The van der Waals surface area contributed by atoms with Gasteiger partial charge in [0, 0.05) is 23.9 Å². The summed E-state index contributed by atoms with van der Waals surface area (Å²) in [5.74, 6) is 0.193. The summed E-state index contributed by atoms with van der Waals surface area (Å²) in [6, 6.07) is 4.68. The number of piperidine rings is 1. The Morgan fingerprint density at radius 3 is 3.17 bits per heavy atom. The van der Waals surface area contributed by atoms with E-state index in [4.69, 9.17) is 0 Å². The van der Waals surface area contributed by atoms with Crippen molar-refractivity contribution in [3.8, 4) is 0 Å². The molecule has 4 heteroatoms. The number of aryl methyl sites for hydroxylation is 1. The van der Waals surface area contributed by atoms with Gasteiger partial charge in [0.25, 0.3) is 0 Å². The molecule has 1 amide bonds. The van der Waals surface area contributed by atoms with Crippen molar-refractivity contribution in [1.29, 1.82) is 0 Å². The van der Waals surface area contributed by atoms with E-state index in [1.54, 1.807) is 11.3 Å². The number of carbonyl (C=O) groups excluding carboxylic acids is 1. The molecule has 1 aliphatic rings. The van der Waals surface area contributed by atoms with E-state index in [0.717, 1.165) is 25.9 Å². The zero-order valence-corrected chi connectivity index (χ0v) is 11.6. The van der Waals surface area contributed by atoms with Gasteiger partial charge < -0.3 is 10.6 Å². The van der Waals surface area contributed by atoms with Crippen LogP contribution in [0.3, 0.4) is 0 Å². The van der Waals surface area contributed by atoms with Gasteiger partial charge in [-0.15, -0.1) is 11.3 Å². The molecule has 0 radical (unpaired) electrons. The zero-order valence-electron chi connectivity index (χ0n) is 10.8. The summed E-state index contributed by atoms with van der Waals surface area (Å²) >= 11 is 1.77. The van der Waals surface area contributed by atoms with Crippen LogP contribution in [0.5, 0.6) is 0 Å². The van der Waals surface area contributed by atoms with Crippen molar-refractivity contribution in [3.05, 3.63) is 22.4 Å². The first-order chi connectivity index (χ1) is 8.84. The molecule has 1 aliphatic heterocycles. The fourth-order valence-electron chi connectivity index (χ4n) is 2.30. The average Bonchev–Trinajstić information content (AvgIpc) is 2.91. The van der Waals surface area contributed by atoms with Crippen LogP contribution in [0.2, 0.25) is 0 Å². The summed E-state index contributed by atoms with van der Waals surface area (Å²) in [6.07, 6.45) is 6.36. The molecular weight excluding hydrogens is 244 g/mol. The highest BCUT2D eigenvalue weighted by atomic mass is 32.1. The lowest BCUT2D eigenvalue weighted by molar-refractivity contribution is -0.121. The number of hydrogen-bond acceptors (Lipinski definition) is 3. The van der Waals surface area contributed by atoms with Crippen LogP contribution in [0.15, 0.2) is 17.5 Å². The van der Waals surface area contributed by atoms with Crippen LogP contribution >= 0.6 is 11.3 Å². The lowest BCUT2D eigenvalue weighted by atomic mass is 10.1. The van der Waals surface area contributed by atoms with E-state index < -0.39 is 0 Å². The van der Waals surface area contributed by atoms with Crippen molar-refractivity contribution in [3.63, 3.8) is 0 Å². The predicted molar refractivity (Wildman–Crippen MR) is 75.9 cm³/mol. The maximum absolute atomic E-state index is 11.7. The summed E-state index contributed by atoms with van der Waals surface area (Å²) in [5.41, 5.74) is 0. The number of thiophene rings is 1. The van der Waals surface area contributed by atoms with Gasteiger partial charge in [0.2, 0.25) is 5.91 Å². The smallest absolute Gasteiger partial charge is 0.220 e. The first-order valence-electron chi connectivity index (χ1n) is 6.87. The molecule has 2 N–H and O–H groups in total. The molecule has 0 aliphatic carbocycles. The molecule has 100 valence electrons. The Morgan fingerprint density at radius 2 is 2.44 bits per heavy atom. The third-order valence-corrected chi connectivity index (χ3v) is 4.30. The van der Waals surface area contributed by atoms with Gasteiger partial charge >= 0.3 is 0 Å². The minimum absolute atomic E-state index is 0.193. The topological polar surface area (TPSA) is 41.1 Å². The van der Waals surface area contributed by atoms with E-state index in [2.05, 4.69) is 28.1 Å². The minimum Gasteiger partial charge on any atom is -0.355 e. The fourth-order valence-corrected chi connectivity index (χ4v) is 3.05. The van der Waals surface area contributed by atoms with E-state index in [9.17, 15) is 4.79 Å². The third-order valence-electron chi connectivity index (χ3n) is 3.37. The Morgan fingerprint density at radius 1 is 1.50 bits per heavy atom. The first-order valence-corrected chi connectivity index (χ1v) is 7.75. The van der Waals surface area contributed by atoms with Gasteiger partial charge in [-0.05, 0) is 43.7 Å². The second-order valence-electron chi connectivity index (χ2n) is 4.88. The Kier molecular flexibility index (Phi) is 5.68. The standard InChI is InChI=1S/C14H22N2OS/c17-14(8-3-6-13-7-4-10-18-13)16-11-12-5-1-2-9-15-12/h4,7,10,12,15H,1-3,5-6,8-9,11H2,(H,16,17). The molecule has 0 aromatic carbocycles. The van der Waals surface area contributed by atoms with Crippen LogP contribution in [-0.4, -0.2) is 25.0 Å². The summed E-state index contributed by atoms with van der Waals surface area (Å²) in [6.45, 7) is 1.89. The number of carbonyl (C=O) groups is 1. The monoisotopic (exact) mass is 266 g/mol. The molecule has 1 unspecified atom stereocenters. The van der Waals surface area contributed by atoms with Crippen LogP contribution in [0.25, 0.3) is 0 Å². The van der Waals surface area contributed by atoms with E-state index in [-0.39, 0.29) is 5.91 Å². The molecule has 0 saturated carbocycles. The average molecular weight is 266 g/mol. The predicted octanol–water partition coefficient (Wildman–Crippen LogP) is 2.33. The van der Waals surface area contributed by atoms with Crippen molar-refractivity contribution in [2.75, 3.05) is 13.1 Å². The van der Waals surface area contributed by atoms with Gasteiger partial charge in [-0.1, -0.05) is 12.5 Å². The largest absolute Gasteiger partial charge is 0.355 e.